The van der Waals surface area contributed by atoms with Crippen LogP contribution in [0.15, 0.2) is 59.8 Å². The van der Waals surface area contributed by atoms with Crippen LogP contribution in [0, 0.1) is 0 Å². The van der Waals surface area contributed by atoms with Gasteiger partial charge in [0.1, 0.15) is 25.2 Å². The minimum absolute atomic E-state index is 0.506. The quantitative estimate of drug-likeness (QED) is 0.515. The monoisotopic (exact) mass is 309 g/mol. The van der Waals surface area contributed by atoms with E-state index in [-0.39, 0.29) is 0 Å². The van der Waals surface area contributed by atoms with E-state index in [1.165, 1.54) is 5.56 Å². The molecule has 2 aromatic rings. The summed E-state index contributed by atoms with van der Waals surface area (Å²) in [5.41, 5.74) is 5.29. The van der Waals surface area contributed by atoms with E-state index in [4.69, 9.17) is 14.3 Å². The molecular weight excluding hydrogens is 290 g/mol. The second-order valence-corrected chi connectivity index (χ2v) is 5.11. The van der Waals surface area contributed by atoms with Crippen molar-refractivity contribution >= 4 is 5.71 Å². The molecule has 0 unspecified atom stereocenters. The zero-order valence-electron chi connectivity index (χ0n) is 13.3. The second kappa shape index (κ2) is 7.11. The number of rotatable bonds is 6. The van der Waals surface area contributed by atoms with Gasteiger partial charge in [0.2, 0.25) is 0 Å². The molecule has 4 heteroatoms. The Kier molecular flexibility index (Phi) is 4.74. The number of oxime groups is 1. The average Bonchev–Trinajstić information content (AvgIpc) is 2.89. The molecule has 0 atom stereocenters. The van der Waals surface area contributed by atoms with Crippen molar-refractivity contribution in [1.82, 2.24) is 0 Å². The Labute approximate surface area is 136 Å². The minimum atomic E-state index is 0.506. The van der Waals surface area contributed by atoms with Crippen LogP contribution in [0.3, 0.4) is 0 Å². The van der Waals surface area contributed by atoms with Crippen LogP contribution in [0.5, 0.6) is 5.75 Å². The van der Waals surface area contributed by atoms with Crippen molar-refractivity contribution in [2.75, 3.05) is 27.4 Å². The van der Waals surface area contributed by atoms with Gasteiger partial charge in [-0.25, -0.2) is 0 Å². The van der Waals surface area contributed by atoms with Crippen molar-refractivity contribution in [3.05, 3.63) is 65.7 Å². The molecule has 0 saturated carbocycles. The lowest BCUT2D eigenvalue weighted by molar-refractivity contribution is 0.214. The van der Waals surface area contributed by atoms with E-state index < -0.39 is 0 Å². The highest BCUT2D eigenvalue weighted by Gasteiger charge is 2.25. The zero-order chi connectivity index (χ0) is 16.1. The Morgan fingerprint density at radius 3 is 2.39 bits per heavy atom. The van der Waals surface area contributed by atoms with E-state index in [9.17, 15) is 0 Å². The normalized spacial score (nSPS) is 14.1. The van der Waals surface area contributed by atoms with E-state index in [0.29, 0.717) is 13.2 Å². The number of fused-ring (bicyclic) bond motifs is 3. The SMILES string of the molecule is COC/C=C\COc1ccc2c(c1)/C(=N/OC)c1ccccc1-2. The molecule has 0 aromatic heterocycles. The molecule has 0 spiro atoms. The Balaban J connectivity index is 1.87. The van der Waals surface area contributed by atoms with Crippen LogP contribution >= 0.6 is 0 Å². The average molecular weight is 309 g/mol. The van der Waals surface area contributed by atoms with Crippen LogP contribution < -0.4 is 4.74 Å². The van der Waals surface area contributed by atoms with Crippen molar-refractivity contribution in [3.63, 3.8) is 0 Å². The van der Waals surface area contributed by atoms with Crippen LogP contribution in [0.25, 0.3) is 11.1 Å². The lowest BCUT2D eigenvalue weighted by Crippen LogP contribution is -2.00. The van der Waals surface area contributed by atoms with Gasteiger partial charge in [-0.1, -0.05) is 35.5 Å². The van der Waals surface area contributed by atoms with Crippen molar-refractivity contribution < 1.29 is 14.3 Å². The minimum Gasteiger partial charge on any atom is -0.490 e. The fourth-order valence-electron chi connectivity index (χ4n) is 2.68. The molecule has 0 fully saturated rings. The van der Waals surface area contributed by atoms with Crippen molar-refractivity contribution in [3.8, 4) is 16.9 Å². The van der Waals surface area contributed by atoms with Gasteiger partial charge in [-0.3, -0.25) is 0 Å². The van der Waals surface area contributed by atoms with E-state index >= 15 is 0 Å². The number of benzene rings is 2. The van der Waals surface area contributed by atoms with Gasteiger partial charge in [-0.15, -0.1) is 0 Å². The number of nitrogens with zero attached hydrogens (tertiary/aromatic N) is 1. The number of methoxy groups -OCH3 is 1. The van der Waals surface area contributed by atoms with Gasteiger partial charge < -0.3 is 14.3 Å². The van der Waals surface area contributed by atoms with Gasteiger partial charge >= 0.3 is 0 Å². The first-order valence-corrected chi connectivity index (χ1v) is 7.47. The van der Waals surface area contributed by atoms with E-state index in [2.05, 4.69) is 23.4 Å². The molecule has 23 heavy (non-hydrogen) atoms. The largest absolute Gasteiger partial charge is 0.490 e. The lowest BCUT2D eigenvalue weighted by Gasteiger charge is -2.06. The predicted molar refractivity (Wildman–Crippen MR) is 91.0 cm³/mol. The van der Waals surface area contributed by atoms with E-state index in [1.54, 1.807) is 14.2 Å². The third-order valence-corrected chi connectivity index (χ3v) is 3.68. The summed E-state index contributed by atoms with van der Waals surface area (Å²) in [6.45, 7) is 1.10. The van der Waals surface area contributed by atoms with Crippen LogP contribution in [-0.4, -0.2) is 33.1 Å². The molecule has 0 heterocycles. The number of hydrogen-bond acceptors (Lipinski definition) is 4. The summed E-state index contributed by atoms with van der Waals surface area (Å²) in [5.74, 6) is 0.808. The fourth-order valence-corrected chi connectivity index (χ4v) is 2.68. The van der Waals surface area contributed by atoms with Gasteiger partial charge in [0.15, 0.2) is 0 Å². The third-order valence-electron chi connectivity index (χ3n) is 3.68. The second-order valence-electron chi connectivity index (χ2n) is 5.11. The van der Waals surface area contributed by atoms with Gasteiger partial charge in [0.25, 0.3) is 0 Å². The standard InChI is InChI=1S/C19H19NO3/c1-21-11-5-6-12-23-14-9-10-16-15-7-3-4-8-17(15)19(20-22-2)18(16)13-14/h3-10,13H,11-12H2,1-2H3/b6-5-,20-19+. The van der Waals surface area contributed by atoms with Crippen molar-refractivity contribution in [2.45, 2.75) is 0 Å². The van der Waals surface area contributed by atoms with E-state index in [0.717, 1.165) is 28.2 Å². The Morgan fingerprint density at radius 2 is 1.61 bits per heavy atom. The van der Waals surface area contributed by atoms with Crippen LogP contribution in [-0.2, 0) is 9.57 Å². The summed E-state index contributed by atoms with van der Waals surface area (Å²) in [4.78, 5) is 5.03. The molecule has 0 amide bonds. The maximum Gasteiger partial charge on any atom is 0.120 e. The van der Waals surface area contributed by atoms with Crippen LogP contribution in [0.1, 0.15) is 11.1 Å². The number of ether oxygens (including phenoxy) is 2. The van der Waals surface area contributed by atoms with Crippen LogP contribution in [0.4, 0.5) is 0 Å². The molecule has 2 aromatic carbocycles. The molecule has 0 N–H and O–H groups in total. The fraction of sp³-hybridized carbons (Fsp3) is 0.211. The molecule has 0 saturated heterocycles. The Bertz CT molecular complexity index is 750. The highest BCUT2D eigenvalue weighted by molar-refractivity contribution is 6.24. The highest BCUT2D eigenvalue weighted by Crippen LogP contribution is 2.38. The summed E-state index contributed by atoms with van der Waals surface area (Å²) in [6.07, 6.45) is 3.87. The van der Waals surface area contributed by atoms with Gasteiger partial charge in [-0.2, -0.15) is 0 Å². The van der Waals surface area contributed by atoms with E-state index in [1.807, 2.05) is 36.4 Å². The summed E-state index contributed by atoms with van der Waals surface area (Å²) < 4.78 is 10.7. The summed E-state index contributed by atoms with van der Waals surface area (Å²) in [5, 5.41) is 4.20. The molecule has 0 aliphatic heterocycles. The maximum atomic E-state index is 5.76. The Hall–Kier alpha value is -2.59. The summed E-state index contributed by atoms with van der Waals surface area (Å²) in [7, 11) is 3.23. The highest BCUT2D eigenvalue weighted by atomic mass is 16.6. The topological polar surface area (TPSA) is 40.0 Å². The Morgan fingerprint density at radius 1 is 0.870 bits per heavy atom. The smallest absolute Gasteiger partial charge is 0.120 e. The predicted octanol–water partition coefficient (Wildman–Crippen LogP) is 3.65. The maximum absolute atomic E-state index is 5.76. The molecule has 0 radical (unpaired) electrons. The molecule has 4 nitrogen and oxygen atoms in total. The molecule has 118 valence electrons. The summed E-state index contributed by atoms with van der Waals surface area (Å²) in [6, 6.07) is 14.3. The molecule has 1 aliphatic carbocycles. The molecule has 1 aliphatic rings. The van der Waals surface area contributed by atoms with Crippen LogP contribution in [0.2, 0.25) is 0 Å². The molecular formula is C19H19NO3. The molecule has 3 rings (SSSR count). The molecule has 0 bridgehead atoms. The van der Waals surface area contributed by atoms with Gasteiger partial charge in [0, 0.05) is 18.2 Å². The first kappa shape index (κ1) is 15.3. The lowest BCUT2D eigenvalue weighted by atomic mass is 10.1. The van der Waals surface area contributed by atoms with Gasteiger partial charge in [0.05, 0.1) is 6.61 Å². The first-order valence-electron chi connectivity index (χ1n) is 7.47. The summed E-state index contributed by atoms with van der Waals surface area (Å²) >= 11 is 0. The third kappa shape index (κ3) is 3.12. The number of hydrogen-bond donors (Lipinski definition) is 0. The first-order chi connectivity index (χ1) is 11.3. The van der Waals surface area contributed by atoms with Crippen molar-refractivity contribution in [2.24, 2.45) is 5.16 Å². The zero-order valence-corrected chi connectivity index (χ0v) is 13.3. The van der Waals surface area contributed by atoms with Crippen molar-refractivity contribution in [1.29, 1.82) is 0 Å². The van der Waals surface area contributed by atoms with Gasteiger partial charge in [-0.05, 0) is 35.4 Å².